The Kier molecular flexibility index (Phi) is 5.50. The van der Waals surface area contributed by atoms with E-state index in [9.17, 15) is 0 Å². The maximum atomic E-state index is 5.95. The Morgan fingerprint density at radius 2 is 1.57 bits per heavy atom. The van der Waals surface area contributed by atoms with Crippen LogP contribution in [0.2, 0.25) is 5.02 Å². The van der Waals surface area contributed by atoms with Crippen molar-refractivity contribution in [2.24, 2.45) is 0 Å². The second-order valence-electron chi connectivity index (χ2n) is 6.02. The van der Waals surface area contributed by atoms with Crippen LogP contribution in [0, 0.1) is 0 Å². The largest absolute Gasteiger partial charge is 0.314 e. The monoisotopic (exact) mass is 326 g/mol. The van der Waals surface area contributed by atoms with Crippen molar-refractivity contribution in [2.75, 3.05) is 32.7 Å². The zero-order valence-electron chi connectivity index (χ0n) is 13.6. The van der Waals surface area contributed by atoms with Crippen LogP contribution in [0.25, 0.3) is 16.7 Å². The topological polar surface area (TPSA) is 15.3 Å². The number of piperazine rings is 1. The minimum atomic E-state index is 0.775. The summed E-state index contributed by atoms with van der Waals surface area (Å²) < 4.78 is 0. The predicted molar refractivity (Wildman–Crippen MR) is 99.8 cm³/mol. The molecule has 0 amide bonds. The number of benzene rings is 2. The van der Waals surface area contributed by atoms with E-state index in [1.165, 1.54) is 22.3 Å². The van der Waals surface area contributed by atoms with E-state index >= 15 is 0 Å². The minimum absolute atomic E-state index is 0.775. The standard InChI is InChI=1S/C20H23ClN2/c1-16(10-13-23-14-11-22-12-15-23)17-2-4-18(5-3-17)19-6-8-20(21)9-7-19/h2-10,22H,11-15H2,1H3/b16-10-. The summed E-state index contributed by atoms with van der Waals surface area (Å²) in [6.07, 6.45) is 2.34. The zero-order chi connectivity index (χ0) is 16.1. The molecule has 2 aromatic rings. The molecule has 1 heterocycles. The van der Waals surface area contributed by atoms with Crippen molar-refractivity contribution in [1.82, 2.24) is 10.2 Å². The van der Waals surface area contributed by atoms with Gasteiger partial charge >= 0.3 is 0 Å². The van der Waals surface area contributed by atoms with Gasteiger partial charge < -0.3 is 5.32 Å². The average molecular weight is 327 g/mol. The minimum Gasteiger partial charge on any atom is -0.314 e. The molecule has 2 aromatic carbocycles. The summed E-state index contributed by atoms with van der Waals surface area (Å²) in [5.41, 5.74) is 5.05. The Morgan fingerprint density at radius 3 is 2.17 bits per heavy atom. The highest BCUT2D eigenvalue weighted by atomic mass is 35.5. The lowest BCUT2D eigenvalue weighted by Crippen LogP contribution is -2.43. The summed E-state index contributed by atoms with van der Waals surface area (Å²) in [5.74, 6) is 0. The number of nitrogens with one attached hydrogen (secondary N) is 1. The van der Waals surface area contributed by atoms with Gasteiger partial charge in [-0.15, -0.1) is 0 Å². The van der Waals surface area contributed by atoms with Crippen molar-refractivity contribution >= 4 is 17.2 Å². The number of nitrogens with zero attached hydrogens (tertiary/aromatic N) is 1. The quantitative estimate of drug-likeness (QED) is 0.900. The summed E-state index contributed by atoms with van der Waals surface area (Å²) in [5, 5.41) is 4.16. The van der Waals surface area contributed by atoms with Crippen molar-refractivity contribution < 1.29 is 0 Å². The molecule has 0 atom stereocenters. The highest BCUT2D eigenvalue weighted by Crippen LogP contribution is 2.23. The van der Waals surface area contributed by atoms with Crippen LogP contribution < -0.4 is 5.32 Å². The molecule has 120 valence electrons. The Bertz CT molecular complexity index is 653. The highest BCUT2D eigenvalue weighted by Gasteiger charge is 2.07. The second kappa shape index (κ2) is 7.78. The fourth-order valence-electron chi connectivity index (χ4n) is 2.85. The van der Waals surface area contributed by atoms with Gasteiger partial charge in [-0.25, -0.2) is 0 Å². The molecule has 1 saturated heterocycles. The van der Waals surface area contributed by atoms with Gasteiger partial charge in [-0.05, 0) is 41.3 Å². The van der Waals surface area contributed by atoms with Gasteiger partial charge in [0.25, 0.3) is 0 Å². The fraction of sp³-hybridized carbons (Fsp3) is 0.300. The smallest absolute Gasteiger partial charge is 0.0406 e. The molecule has 0 aromatic heterocycles. The van der Waals surface area contributed by atoms with Crippen molar-refractivity contribution in [3.8, 4) is 11.1 Å². The predicted octanol–water partition coefficient (Wildman–Crippen LogP) is 4.32. The summed E-state index contributed by atoms with van der Waals surface area (Å²) in [6, 6.07) is 16.8. The van der Waals surface area contributed by atoms with Crippen molar-refractivity contribution in [3.63, 3.8) is 0 Å². The molecule has 1 fully saturated rings. The fourth-order valence-corrected chi connectivity index (χ4v) is 2.97. The van der Waals surface area contributed by atoms with Gasteiger partial charge in [-0.1, -0.05) is 54.1 Å². The van der Waals surface area contributed by atoms with Crippen molar-refractivity contribution in [2.45, 2.75) is 6.92 Å². The van der Waals surface area contributed by atoms with Crippen LogP contribution in [0.3, 0.4) is 0 Å². The van der Waals surface area contributed by atoms with Gasteiger partial charge in [-0.2, -0.15) is 0 Å². The molecular formula is C20H23ClN2. The second-order valence-corrected chi connectivity index (χ2v) is 6.46. The molecule has 2 nitrogen and oxygen atoms in total. The first-order valence-corrected chi connectivity index (χ1v) is 8.56. The average Bonchev–Trinajstić information content (AvgIpc) is 2.61. The van der Waals surface area contributed by atoms with Gasteiger partial charge in [-0.3, -0.25) is 4.90 Å². The molecule has 1 N–H and O–H groups in total. The number of hydrogen-bond acceptors (Lipinski definition) is 2. The summed E-state index contributed by atoms with van der Waals surface area (Å²) in [6.45, 7) is 7.70. The first-order chi connectivity index (χ1) is 11.2. The van der Waals surface area contributed by atoms with Crippen LogP contribution in [-0.2, 0) is 0 Å². The van der Waals surface area contributed by atoms with Gasteiger partial charge in [0, 0.05) is 37.7 Å². The molecule has 0 saturated carbocycles. The Morgan fingerprint density at radius 1 is 1.00 bits per heavy atom. The maximum absolute atomic E-state index is 5.95. The van der Waals surface area contributed by atoms with Crippen LogP contribution in [0.5, 0.6) is 0 Å². The van der Waals surface area contributed by atoms with E-state index in [0.29, 0.717) is 0 Å². The molecule has 0 spiro atoms. The van der Waals surface area contributed by atoms with E-state index in [1.807, 2.05) is 12.1 Å². The SMILES string of the molecule is C/C(=C/CN1CCNCC1)c1ccc(-c2ccc(Cl)cc2)cc1. The van der Waals surface area contributed by atoms with E-state index in [1.54, 1.807) is 0 Å². The highest BCUT2D eigenvalue weighted by molar-refractivity contribution is 6.30. The molecule has 3 rings (SSSR count). The molecule has 0 unspecified atom stereocenters. The molecule has 0 radical (unpaired) electrons. The number of allylic oxidation sites excluding steroid dienone is 1. The Labute approximate surface area is 143 Å². The van der Waals surface area contributed by atoms with E-state index in [-0.39, 0.29) is 0 Å². The summed E-state index contributed by atoms with van der Waals surface area (Å²) >= 11 is 5.95. The van der Waals surface area contributed by atoms with Crippen molar-refractivity contribution in [3.05, 3.63) is 65.2 Å². The number of hydrogen-bond donors (Lipinski definition) is 1. The van der Waals surface area contributed by atoms with E-state index in [4.69, 9.17) is 11.6 Å². The van der Waals surface area contributed by atoms with E-state index < -0.39 is 0 Å². The molecular weight excluding hydrogens is 304 g/mol. The normalized spacial score (nSPS) is 16.5. The van der Waals surface area contributed by atoms with Crippen LogP contribution in [0.1, 0.15) is 12.5 Å². The molecule has 1 aliphatic heterocycles. The molecule has 0 aliphatic carbocycles. The lowest BCUT2D eigenvalue weighted by molar-refractivity contribution is 0.265. The summed E-state index contributed by atoms with van der Waals surface area (Å²) in [7, 11) is 0. The number of rotatable bonds is 4. The Balaban J connectivity index is 1.67. The molecule has 0 bridgehead atoms. The van der Waals surface area contributed by atoms with Crippen molar-refractivity contribution in [1.29, 1.82) is 0 Å². The van der Waals surface area contributed by atoms with Crippen LogP contribution in [0.4, 0.5) is 0 Å². The lowest BCUT2D eigenvalue weighted by Gasteiger charge is -2.26. The molecule has 1 aliphatic rings. The first kappa shape index (κ1) is 16.3. The van der Waals surface area contributed by atoms with Crippen LogP contribution >= 0.6 is 11.6 Å². The van der Waals surface area contributed by atoms with E-state index in [2.05, 4.69) is 59.6 Å². The van der Waals surface area contributed by atoms with Gasteiger partial charge in [0.15, 0.2) is 0 Å². The van der Waals surface area contributed by atoms with E-state index in [0.717, 1.165) is 37.7 Å². The summed E-state index contributed by atoms with van der Waals surface area (Å²) in [4.78, 5) is 2.49. The third-order valence-electron chi connectivity index (χ3n) is 4.38. The van der Waals surface area contributed by atoms with Gasteiger partial charge in [0.1, 0.15) is 0 Å². The lowest BCUT2D eigenvalue weighted by atomic mass is 10.0. The zero-order valence-corrected chi connectivity index (χ0v) is 14.3. The van der Waals surface area contributed by atoms with Gasteiger partial charge in [0.05, 0.1) is 0 Å². The number of halogens is 1. The Hall–Kier alpha value is -1.61. The maximum Gasteiger partial charge on any atom is 0.0406 e. The van der Waals surface area contributed by atoms with Gasteiger partial charge in [0.2, 0.25) is 0 Å². The first-order valence-electron chi connectivity index (χ1n) is 8.18. The van der Waals surface area contributed by atoms with Crippen LogP contribution in [-0.4, -0.2) is 37.6 Å². The third-order valence-corrected chi connectivity index (χ3v) is 4.64. The van der Waals surface area contributed by atoms with Crippen LogP contribution in [0.15, 0.2) is 54.6 Å². The molecule has 23 heavy (non-hydrogen) atoms. The third kappa shape index (κ3) is 4.44. The molecule has 3 heteroatoms.